The number of unbranched alkanes of at least 4 members (excludes halogenated alkanes) is 7. The van der Waals surface area contributed by atoms with Crippen LogP contribution in [0, 0.1) is 5.92 Å². The van der Waals surface area contributed by atoms with Crippen LogP contribution in [0.5, 0.6) is 0 Å². The molecule has 0 bridgehead atoms. The molecule has 4 nitrogen and oxygen atoms in total. The van der Waals surface area contributed by atoms with Gasteiger partial charge in [0.1, 0.15) is 0 Å². The highest BCUT2D eigenvalue weighted by atomic mass is 16.5. The van der Waals surface area contributed by atoms with Gasteiger partial charge in [0.15, 0.2) is 0 Å². The van der Waals surface area contributed by atoms with Crippen LogP contribution in [0.1, 0.15) is 112 Å². The Bertz CT molecular complexity index is 452. The minimum Gasteiger partial charge on any atom is -0.462 e. The van der Waals surface area contributed by atoms with Crippen LogP contribution in [0.3, 0.4) is 0 Å². The summed E-state index contributed by atoms with van der Waals surface area (Å²) in [5.74, 6) is -0.391. The summed E-state index contributed by atoms with van der Waals surface area (Å²) >= 11 is 0. The molecule has 0 amide bonds. The summed E-state index contributed by atoms with van der Waals surface area (Å²) in [5.41, 5.74) is 1.07. The van der Waals surface area contributed by atoms with Crippen LogP contribution in [0.15, 0.2) is 11.1 Å². The summed E-state index contributed by atoms with van der Waals surface area (Å²) in [7, 11) is 0. The van der Waals surface area contributed by atoms with Crippen molar-refractivity contribution in [2.45, 2.75) is 112 Å². The molecule has 0 aliphatic heterocycles. The summed E-state index contributed by atoms with van der Waals surface area (Å²) in [5, 5.41) is 0. The molecule has 0 radical (unpaired) electrons. The number of ether oxygens (including phenoxy) is 2. The third-order valence-corrected chi connectivity index (χ3v) is 4.71. The van der Waals surface area contributed by atoms with E-state index in [1.165, 1.54) is 25.7 Å². The lowest BCUT2D eigenvalue weighted by molar-refractivity contribution is -0.142. The van der Waals surface area contributed by atoms with Gasteiger partial charge >= 0.3 is 11.9 Å². The van der Waals surface area contributed by atoms with Crippen molar-refractivity contribution in [1.29, 1.82) is 0 Å². The van der Waals surface area contributed by atoms with Gasteiger partial charge in [0.05, 0.1) is 13.2 Å². The highest BCUT2D eigenvalue weighted by Gasteiger charge is 2.24. The zero-order valence-corrected chi connectivity index (χ0v) is 19.1. The lowest BCUT2D eigenvalue weighted by atomic mass is 9.94. The second-order valence-corrected chi connectivity index (χ2v) is 8.05. The van der Waals surface area contributed by atoms with Crippen molar-refractivity contribution >= 4 is 11.9 Å². The maximum absolute atomic E-state index is 12.8. The molecule has 28 heavy (non-hydrogen) atoms. The Balaban J connectivity index is 5.25. The molecule has 164 valence electrons. The van der Waals surface area contributed by atoms with Gasteiger partial charge in [-0.1, -0.05) is 79.6 Å². The fraction of sp³-hybridized carbons (Fsp3) is 0.833. The Hall–Kier alpha value is -1.32. The largest absolute Gasteiger partial charge is 0.462 e. The number of hydrogen-bond acceptors (Lipinski definition) is 4. The summed E-state index contributed by atoms with van der Waals surface area (Å²) in [4.78, 5) is 25.5. The molecule has 0 saturated carbocycles. The monoisotopic (exact) mass is 396 g/mol. The Morgan fingerprint density at radius 3 is 1.61 bits per heavy atom. The fourth-order valence-electron chi connectivity index (χ4n) is 2.99. The Morgan fingerprint density at radius 1 is 0.643 bits per heavy atom. The van der Waals surface area contributed by atoms with E-state index in [9.17, 15) is 9.59 Å². The molecule has 0 aliphatic carbocycles. The first kappa shape index (κ1) is 26.7. The van der Waals surface area contributed by atoms with E-state index in [1.54, 1.807) is 0 Å². The number of hydrogen-bond donors (Lipinski definition) is 0. The minimum absolute atomic E-state index is 0.275. The van der Waals surface area contributed by atoms with E-state index in [-0.39, 0.29) is 17.9 Å². The maximum atomic E-state index is 12.8. The zero-order chi connectivity index (χ0) is 21.2. The quantitative estimate of drug-likeness (QED) is 0.155. The Labute approximate surface area is 173 Å². The van der Waals surface area contributed by atoms with Gasteiger partial charge < -0.3 is 9.47 Å². The highest BCUT2D eigenvalue weighted by Crippen LogP contribution is 2.23. The lowest BCUT2D eigenvalue weighted by Crippen LogP contribution is -2.19. The predicted molar refractivity (Wildman–Crippen MR) is 116 cm³/mol. The van der Waals surface area contributed by atoms with Gasteiger partial charge in [-0.05, 0) is 38.0 Å². The van der Waals surface area contributed by atoms with E-state index in [4.69, 9.17) is 9.47 Å². The number of carbonyl (C=O) groups excluding carboxylic acids is 2. The van der Waals surface area contributed by atoms with E-state index >= 15 is 0 Å². The van der Waals surface area contributed by atoms with Crippen LogP contribution in [0.4, 0.5) is 0 Å². The molecule has 0 N–H and O–H groups in total. The first-order valence-electron chi connectivity index (χ1n) is 11.5. The van der Waals surface area contributed by atoms with Crippen molar-refractivity contribution in [3.63, 3.8) is 0 Å². The molecule has 0 fully saturated rings. The third-order valence-electron chi connectivity index (χ3n) is 4.71. The minimum atomic E-state index is -0.337. The van der Waals surface area contributed by atoms with E-state index < -0.39 is 0 Å². The van der Waals surface area contributed by atoms with Crippen LogP contribution >= 0.6 is 0 Å². The Kier molecular flexibility index (Phi) is 16.9. The molecule has 0 saturated heterocycles. The molecule has 0 heterocycles. The third kappa shape index (κ3) is 13.0. The molecule has 0 atom stereocenters. The molecule has 0 spiro atoms. The summed E-state index contributed by atoms with van der Waals surface area (Å²) in [6.45, 7) is 11.3. The van der Waals surface area contributed by atoms with Crippen LogP contribution < -0.4 is 0 Å². The molecule has 0 unspecified atom stereocenters. The van der Waals surface area contributed by atoms with Crippen LogP contribution in [0.2, 0.25) is 0 Å². The summed E-state index contributed by atoms with van der Waals surface area (Å²) in [6, 6.07) is 0. The van der Waals surface area contributed by atoms with Gasteiger partial charge in [0, 0.05) is 11.1 Å². The van der Waals surface area contributed by atoms with Crippen molar-refractivity contribution in [2.75, 3.05) is 13.2 Å². The standard InChI is InChI=1S/C24H44O4/c1-6-9-12-13-14-15-16-21(23(25)27-17-10-7-2)22(19-20(4)5)24(26)28-18-11-8-3/h20H,6-19H2,1-5H3/b22-21-. The van der Waals surface area contributed by atoms with Crippen LogP contribution in [-0.4, -0.2) is 25.2 Å². The van der Waals surface area contributed by atoms with E-state index in [0.29, 0.717) is 37.2 Å². The van der Waals surface area contributed by atoms with Gasteiger partial charge in [-0.3, -0.25) is 0 Å². The summed E-state index contributed by atoms with van der Waals surface area (Å²) < 4.78 is 10.9. The van der Waals surface area contributed by atoms with Gasteiger partial charge in [-0.15, -0.1) is 0 Å². The first-order valence-corrected chi connectivity index (χ1v) is 11.5. The highest BCUT2D eigenvalue weighted by molar-refractivity contribution is 6.00. The van der Waals surface area contributed by atoms with Crippen molar-refractivity contribution in [2.24, 2.45) is 5.92 Å². The van der Waals surface area contributed by atoms with Gasteiger partial charge in [-0.25, -0.2) is 9.59 Å². The molecular formula is C24H44O4. The SMILES string of the molecule is CCCCCCCC/C(C(=O)OCCCC)=C(\CC(C)C)C(=O)OCCCC. The number of esters is 2. The topological polar surface area (TPSA) is 52.6 Å². The molecule has 0 aliphatic rings. The van der Waals surface area contributed by atoms with Crippen LogP contribution in [-0.2, 0) is 19.1 Å². The predicted octanol–water partition coefficient (Wildman–Crippen LogP) is 6.77. The van der Waals surface area contributed by atoms with Crippen LogP contribution in [0.25, 0.3) is 0 Å². The molecule has 0 aromatic carbocycles. The fourth-order valence-corrected chi connectivity index (χ4v) is 2.99. The van der Waals surface area contributed by atoms with E-state index in [2.05, 4.69) is 34.6 Å². The molecule has 0 aromatic rings. The molecular weight excluding hydrogens is 352 g/mol. The van der Waals surface area contributed by atoms with E-state index in [0.717, 1.165) is 38.5 Å². The lowest BCUT2D eigenvalue weighted by Gasteiger charge is -2.16. The van der Waals surface area contributed by atoms with Crippen molar-refractivity contribution < 1.29 is 19.1 Å². The molecule has 0 rings (SSSR count). The average molecular weight is 397 g/mol. The van der Waals surface area contributed by atoms with Gasteiger partial charge in [0.2, 0.25) is 0 Å². The van der Waals surface area contributed by atoms with Crippen molar-refractivity contribution in [1.82, 2.24) is 0 Å². The van der Waals surface area contributed by atoms with Crippen molar-refractivity contribution in [3.8, 4) is 0 Å². The van der Waals surface area contributed by atoms with E-state index in [1.807, 2.05) is 0 Å². The van der Waals surface area contributed by atoms with Crippen molar-refractivity contribution in [3.05, 3.63) is 11.1 Å². The molecule has 4 heteroatoms. The second kappa shape index (κ2) is 17.8. The normalized spacial score (nSPS) is 12.1. The van der Waals surface area contributed by atoms with Gasteiger partial charge in [-0.2, -0.15) is 0 Å². The number of rotatable bonds is 17. The van der Waals surface area contributed by atoms with Gasteiger partial charge in [0.25, 0.3) is 0 Å². The maximum Gasteiger partial charge on any atom is 0.334 e. The second-order valence-electron chi connectivity index (χ2n) is 8.05. The Morgan fingerprint density at radius 2 is 1.11 bits per heavy atom. The smallest absolute Gasteiger partial charge is 0.334 e. The summed E-state index contributed by atoms with van der Waals surface area (Å²) in [6.07, 6.45) is 11.6. The molecule has 0 aromatic heterocycles. The first-order chi connectivity index (χ1) is 13.5. The zero-order valence-electron chi connectivity index (χ0n) is 19.1. The average Bonchev–Trinajstić information content (AvgIpc) is 2.66. The number of carbonyl (C=O) groups is 2.